The number of nitrogens with zero attached hydrogens (tertiary/aromatic N) is 2. The number of amides is 1. The van der Waals surface area contributed by atoms with E-state index in [1.54, 1.807) is 13.8 Å². The Morgan fingerprint density at radius 2 is 1.86 bits per heavy atom. The monoisotopic (exact) mass is 504 g/mol. The molecule has 0 bridgehead atoms. The molecule has 9 heteroatoms. The SMILES string of the molecule is C=Cc1ccnc(Oc2cc(C(=O)OC)c(N(C(=O)C3CCC(C)CC3)C(C)C)cc2F)c1C(F)F. The van der Waals surface area contributed by atoms with Crippen LogP contribution >= 0.6 is 0 Å². The van der Waals surface area contributed by atoms with Crippen molar-refractivity contribution in [2.45, 2.75) is 58.9 Å². The Bertz CT molecular complexity index is 1130. The highest BCUT2D eigenvalue weighted by Crippen LogP contribution is 2.38. The summed E-state index contributed by atoms with van der Waals surface area (Å²) in [6, 6.07) is 3.01. The number of carbonyl (C=O) groups is 2. The predicted molar refractivity (Wildman–Crippen MR) is 131 cm³/mol. The van der Waals surface area contributed by atoms with E-state index in [9.17, 15) is 18.4 Å². The first-order valence-corrected chi connectivity index (χ1v) is 11.9. The van der Waals surface area contributed by atoms with Gasteiger partial charge in [0.1, 0.15) is 0 Å². The van der Waals surface area contributed by atoms with E-state index in [1.807, 2.05) is 0 Å². The van der Waals surface area contributed by atoms with Crippen LogP contribution in [0.15, 0.2) is 31.0 Å². The Balaban J connectivity index is 2.08. The summed E-state index contributed by atoms with van der Waals surface area (Å²) in [6.07, 6.45) is 2.73. The van der Waals surface area contributed by atoms with Gasteiger partial charge < -0.3 is 14.4 Å². The minimum Gasteiger partial charge on any atom is -0.465 e. The number of esters is 1. The molecule has 1 aromatic heterocycles. The second kappa shape index (κ2) is 11.6. The number of hydrogen-bond acceptors (Lipinski definition) is 5. The first-order valence-electron chi connectivity index (χ1n) is 11.9. The number of pyridine rings is 1. The van der Waals surface area contributed by atoms with Crippen LogP contribution < -0.4 is 9.64 Å². The molecule has 1 amide bonds. The second-order valence-corrected chi connectivity index (χ2v) is 9.28. The van der Waals surface area contributed by atoms with Crippen LogP contribution in [-0.4, -0.2) is 30.0 Å². The van der Waals surface area contributed by atoms with Crippen molar-refractivity contribution in [2.75, 3.05) is 12.0 Å². The van der Waals surface area contributed by atoms with E-state index >= 15 is 4.39 Å². The second-order valence-electron chi connectivity index (χ2n) is 9.28. The smallest absolute Gasteiger partial charge is 0.340 e. The van der Waals surface area contributed by atoms with E-state index in [2.05, 4.69) is 18.5 Å². The largest absolute Gasteiger partial charge is 0.465 e. The minimum atomic E-state index is -2.96. The number of halogens is 3. The Labute approximate surface area is 209 Å². The summed E-state index contributed by atoms with van der Waals surface area (Å²) in [5, 5.41) is 0. The molecule has 36 heavy (non-hydrogen) atoms. The maximum atomic E-state index is 15.3. The fraction of sp³-hybridized carbons (Fsp3) is 0.444. The summed E-state index contributed by atoms with van der Waals surface area (Å²) in [4.78, 5) is 31.4. The Kier molecular flexibility index (Phi) is 8.76. The van der Waals surface area contributed by atoms with Crippen molar-refractivity contribution >= 4 is 23.6 Å². The van der Waals surface area contributed by atoms with Gasteiger partial charge >= 0.3 is 5.97 Å². The zero-order chi connectivity index (χ0) is 26.6. The molecule has 0 atom stereocenters. The third-order valence-corrected chi connectivity index (χ3v) is 6.47. The maximum absolute atomic E-state index is 15.3. The lowest BCUT2D eigenvalue weighted by Gasteiger charge is -2.34. The summed E-state index contributed by atoms with van der Waals surface area (Å²) in [5.74, 6) is -2.70. The molecule has 0 aliphatic heterocycles. The molecule has 0 unspecified atom stereocenters. The van der Waals surface area contributed by atoms with Crippen molar-refractivity contribution in [3.8, 4) is 11.6 Å². The van der Waals surface area contributed by atoms with Crippen LogP contribution in [0.3, 0.4) is 0 Å². The number of rotatable bonds is 8. The fourth-order valence-corrected chi connectivity index (χ4v) is 4.50. The van der Waals surface area contributed by atoms with E-state index in [-0.39, 0.29) is 34.7 Å². The van der Waals surface area contributed by atoms with E-state index in [1.165, 1.54) is 23.2 Å². The highest BCUT2D eigenvalue weighted by Gasteiger charge is 2.33. The highest BCUT2D eigenvalue weighted by molar-refractivity contribution is 6.04. The number of alkyl halides is 2. The molecular weight excluding hydrogens is 473 g/mol. The number of ether oxygens (including phenoxy) is 2. The molecular formula is C27H31F3N2O4. The third kappa shape index (κ3) is 5.71. The van der Waals surface area contributed by atoms with Gasteiger partial charge in [0, 0.05) is 30.3 Å². The van der Waals surface area contributed by atoms with Crippen LogP contribution in [0.2, 0.25) is 0 Å². The average Bonchev–Trinajstić information content (AvgIpc) is 2.84. The highest BCUT2D eigenvalue weighted by atomic mass is 19.3. The van der Waals surface area contributed by atoms with Gasteiger partial charge in [-0.1, -0.05) is 19.6 Å². The van der Waals surface area contributed by atoms with Crippen molar-refractivity contribution in [3.05, 3.63) is 53.5 Å². The lowest BCUT2D eigenvalue weighted by atomic mass is 9.82. The minimum absolute atomic E-state index is 0.0345. The van der Waals surface area contributed by atoms with Gasteiger partial charge in [-0.15, -0.1) is 0 Å². The molecule has 0 N–H and O–H groups in total. The van der Waals surface area contributed by atoms with Crippen molar-refractivity contribution in [1.82, 2.24) is 4.98 Å². The molecule has 0 saturated heterocycles. The molecule has 1 aliphatic carbocycles. The van der Waals surface area contributed by atoms with Crippen LogP contribution in [-0.2, 0) is 9.53 Å². The number of carbonyl (C=O) groups excluding carboxylic acids is 2. The average molecular weight is 505 g/mol. The summed E-state index contributed by atoms with van der Waals surface area (Å²) in [6.45, 7) is 9.19. The number of hydrogen-bond donors (Lipinski definition) is 0. The lowest BCUT2D eigenvalue weighted by molar-refractivity contribution is -0.123. The van der Waals surface area contributed by atoms with Crippen molar-refractivity contribution in [1.29, 1.82) is 0 Å². The van der Waals surface area contributed by atoms with Crippen molar-refractivity contribution < 1.29 is 32.2 Å². The van der Waals surface area contributed by atoms with Gasteiger partial charge in [-0.25, -0.2) is 22.9 Å². The van der Waals surface area contributed by atoms with Crippen LogP contribution in [0, 0.1) is 17.7 Å². The van der Waals surface area contributed by atoms with Gasteiger partial charge in [0.05, 0.1) is 23.9 Å². The van der Waals surface area contributed by atoms with Gasteiger partial charge in [-0.3, -0.25) is 4.79 Å². The number of aromatic nitrogens is 1. The van der Waals surface area contributed by atoms with Gasteiger partial charge in [-0.05, 0) is 57.1 Å². The van der Waals surface area contributed by atoms with Gasteiger partial charge in [0.2, 0.25) is 11.8 Å². The molecule has 0 radical (unpaired) electrons. The van der Waals surface area contributed by atoms with E-state index < -0.39 is 35.4 Å². The summed E-state index contributed by atoms with van der Waals surface area (Å²) >= 11 is 0. The molecule has 1 heterocycles. The Morgan fingerprint density at radius 1 is 1.19 bits per heavy atom. The molecule has 1 aliphatic rings. The molecule has 3 rings (SSSR count). The van der Waals surface area contributed by atoms with Crippen LogP contribution in [0.5, 0.6) is 11.6 Å². The zero-order valence-electron chi connectivity index (χ0n) is 20.9. The van der Waals surface area contributed by atoms with E-state index in [0.717, 1.165) is 32.1 Å². The summed E-state index contributed by atoms with van der Waals surface area (Å²) in [7, 11) is 1.16. The normalized spacial score (nSPS) is 17.7. The van der Waals surface area contributed by atoms with Gasteiger partial charge in [-0.2, -0.15) is 0 Å². The molecule has 2 aromatic rings. The Morgan fingerprint density at radius 3 is 2.42 bits per heavy atom. The molecule has 1 aromatic carbocycles. The van der Waals surface area contributed by atoms with Crippen LogP contribution in [0.1, 0.15) is 74.4 Å². The van der Waals surface area contributed by atoms with E-state index in [0.29, 0.717) is 18.8 Å². The number of benzene rings is 1. The first kappa shape index (κ1) is 27.2. The summed E-state index contributed by atoms with van der Waals surface area (Å²) < 4.78 is 53.1. The van der Waals surface area contributed by atoms with Crippen molar-refractivity contribution in [2.24, 2.45) is 11.8 Å². The third-order valence-electron chi connectivity index (χ3n) is 6.47. The number of methoxy groups -OCH3 is 1. The molecule has 0 spiro atoms. The van der Waals surface area contributed by atoms with Crippen molar-refractivity contribution in [3.63, 3.8) is 0 Å². The quantitative estimate of drug-likeness (QED) is 0.364. The zero-order valence-corrected chi connectivity index (χ0v) is 20.9. The first-order chi connectivity index (χ1) is 17.1. The summed E-state index contributed by atoms with van der Waals surface area (Å²) in [5.41, 5.74) is -0.564. The van der Waals surface area contributed by atoms with Gasteiger partial charge in [0.15, 0.2) is 11.6 Å². The fourth-order valence-electron chi connectivity index (χ4n) is 4.50. The van der Waals surface area contributed by atoms with Gasteiger partial charge in [0.25, 0.3) is 6.43 Å². The maximum Gasteiger partial charge on any atom is 0.340 e. The standard InChI is InChI=1S/C27H31F3N2O4/c1-6-17-11-12-31-25(23(17)24(29)30)36-22-13-19(27(34)35-5)21(14-20(22)28)32(15(2)3)26(33)18-9-7-16(4)8-10-18/h6,11-16,18,24H,1,7-10H2,2-5H3. The van der Waals surface area contributed by atoms with E-state index in [4.69, 9.17) is 9.47 Å². The number of anilines is 1. The predicted octanol–water partition coefficient (Wildman–Crippen LogP) is 6.95. The van der Waals surface area contributed by atoms with Crippen LogP contribution in [0.4, 0.5) is 18.9 Å². The molecule has 1 fully saturated rings. The molecule has 6 nitrogen and oxygen atoms in total. The van der Waals surface area contributed by atoms with Crippen LogP contribution in [0.25, 0.3) is 6.08 Å². The Hall–Kier alpha value is -3.36. The lowest BCUT2D eigenvalue weighted by Crippen LogP contribution is -2.43. The topological polar surface area (TPSA) is 68.7 Å². The molecule has 194 valence electrons. The molecule has 1 saturated carbocycles.